The van der Waals surface area contributed by atoms with E-state index in [-0.39, 0.29) is 11.4 Å². The molecule has 0 aliphatic carbocycles. The van der Waals surface area contributed by atoms with E-state index >= 15 is 0 Å². The second kappa shape index (κ2) is 8.02. The predicted molar refractivity (Wildman–Crippen MR) is 78.5 cm³/mol. The molecular weight excluding hydrogens is 256 g/mol. The summed E-state index contributed by atoms with van der Waals surface area (Å²) in [4.78, 5) is 11.4. The highest BCUT2D eigenvalue weighted by molar-refractivity contribution is 5.96. The maximum atomic E-state index is 11.4. The lowest BCUT2D eigenvalue weighted by atomic mass is 10.1. The fourth-order valence-electron chi connectivity index (χ4n) is 1.60. The Morgan fingerprint density at radius 3 is 2.35 bits per heavy atom. The van der Waals surface area contributed by atoms with Gasteiger partial charge in [-0.2, -0.15) is 0 Å². The first-order chi connectivity index (χ1) is 9.40. The van der Waals surface area contributed by atoms with Crippen LogP contribution in [0, 0.1) is 0 Å². The summed E-state index contributed by atoms with van der Waals surface area (Å²) in [6.45, 7) is 9.54. The second-order valence-corrected chi connectivity index (χ2v) is 5.47. The lowest BCUT2D eigenvalue weighted by Gasteiger charge is -2.19. The molecule has 0 fully saturated rings. The lowest BCUT2D eigenvalue weighted by molar-refractivity contribution is -0.0375. The molecule has 4 nitrogen and oxygen atoms in total. The smallest absolute Gasteiger partial charge is 0.163 e. The third-order valence-corrected chi connectivity index (χ3v) is 2.51. The molecule has 0 saturated heterocycles. The van der Waals surface area contributed by atoms with Crippen molar-refractivity contribution in [3.05, 3.63) is 29.8 Å². The molecule has 0 heterocycles. The Labute approximate surface area is 121 Å². The molecule has 0 saturated carbocycles. The first kappa shape index (κ1) is 16.7. The Morgan fingerprint density at radius 2 is 1.70 bits per heavy atom. The van der Waals surface area contributed by atoms with Crippen LogP contribution in [0.25, 0.3) is 0 Å². The van der Waals surface area contributed by atoms with Gasteiger partial charge in [0.2, 0.25) is 0 Å². The molecule has 0 amide bonds. The van der Waals surface area contributed by atoms with Gasteiger partial charge in [0, 0.05) is 0 Å². The van der Waals surface area contributed by atoms with Crippen molar-refractivity contribution in [3.8, 4) is 5.75 Å². The SMILES string of the molecule is CC(=O)c1ccccc1OCCOCCOC(C)(C)C. The van der Waals surface area contributed by atoms with Crippen LogP contribution in [0.4, 0.5) is 0 Å². The highest BCUT2D eigenvalue weighted by Gasteiger charge is 2.09. The summed E-state index contributed by atoms with van der Waals surface area (Å²) in [5.74, 6) is 0.606. The summed E-state index contributed by atoms with van der Waals surface area (Å²) in [5.41, 5.74) is 0.462. The average Bonchev–Trinajstić information content (AvgIpc) is 2.36. The third kappa shape index (κ3) is 6.68. The van der Waals surface area contributed by atoms with E-state index in [1.165, 1.54) is 6.92 Å². The molecule has 4 heteroatoms. The Kier molecular flexibility index (Phi) is 6.68. The fourth-order valence-corrected chi connectivity index (χ4v) is 1.60. The molecule has 0 aliphatic rings. The van der Waals surface area contributed by atoms with Crippen molar-refractivity contribution in [2.75, 3.05) is 26.4 Å². The van der Waals surface area contributed by atoms with Gasteiger partial charge in [0.15, 0.2) is 5.78 Å². The van der Waals surface area contributed by atoms with Crippen LogP contribution in [0.15, 0.2) is 24.3 Å². The zero-order valence-electron chi connectivity index (χ0n) is 12.8. The summed E-state index contributed by atoms with van der Waals surface area (Å²) in [6.07, 6.45) is 0. The molecule has 0 spiro atoms. The van der Waals surface area contributed by atoms with Gasteiger partial charge in [0.25, 0.3) is 0 Å². The molecule has 0 aromatic heterocycles. The minimum absolute atomic E-state index is 0.0000885. The number of benzene rings is 1. The van der Waals surface area contributed by atoms with E-state index in [1.54, 1.807) is 12.1 Å². The summed E-state index contributed by atoms with van der Waals surface area (Å²) in [5, 5.41) is 0. The minimum atomic E-state index is -0.139. The largest absolute Gasteiger partial charge is 0.490 e. The normalized spacial score (nSPS) is 11.4. The van der Waals surface area contributed by atoms with Gasteiger partial charge in [-0.25, -0.2) is 0 Å². The third-order valence-electron chi connectivity index (χ3n) is 2.51. The molecule has 0 N–H and O–H groups in total. The van der Waals surface area contributed by atoms with E-state index in [0.717, 1.165) is 0 Å². The van der Waals surface area contributed by atoms with Gasteiger partial charge < -0.3 is 14.2 Å². The van der Waals surface area contributed by atoms with Crippen molar-refractivity contribution in [1.29, 1.82) is 0 Å². The Balaban J connectivity index is 2.20. The number of para-hydroxylation sites is 1. The number of hydrogen-bond donors (Lipinski definition) is 0. The van der Waals surface area contributed by atoms with Crippen molar-refractivity contribution in [2.45, 2.75) is 33.3 Å². The van der Waals surface area contributed by atoms with Crippen LogP contribution >= 0.6 is 0 Å². The molecule has 1 rings (SSSR count). The van der Waals surface area contributed by atoms with Gasteiger partial charge in [-0.1, -0.05) is 12.1 Å². The number of carbonyl (C=O) groups is 1. The van der Waals surface area contributed by atoms with E-state index < -0.39 is 0 Å². The zero-order valence-corrected chi connectivity index (χ0v) is 12.8. The molecule has 112 valence electrons. The summed E-state index contributed by atoms with van der Waals surface area (Å²) in [6, 6.07) is 7.22. The van der Waals surface area contributed by atoms with Gasteiger partial charge in [-0.05, 0) is 39.8 Å². The Bertz CT molecular complexity index is 421. The van der Waals surface area contributed by atoms with Gasteiger partial charge in [-0.15, -0.1) is 0 Å². The number of ether oxygens (including phenoxy) is 3. The maximum Gasteiger partial charge on any atom is 0.163 e. The quantitative estimate of drug-likeness (QED) is 0.542. The molecule has 20 heavy (non-hydrogen) atoms. The Morgan fingerprint density at radius 1 is 1.05 bits per heavy atom. The van der Waals surface area contributed by atoms with Crippen molar-refractivity contribution in [1.82, 2.24) is 0 Å². The minimum Gasteiger partial charge on any atom is -0.490 e. The molecular formula is C16H24O4. The fraction of sp³-hybridized carbons (Fsp3) is 0.562. The molecule has 0 aliphatic heterocycles. The van der Waals surface area contributed by atoms with Crippen LogP contribution < -0.4 is 4.74 Å². The highest BCUT2D eigenvalue weighted by Crippen LogP contribution is 2.18. The summed E-state index contributed by atoms with van der Waals surface area (Å²) in [7, 11) is 0. The monoisotopic (exact) mass is 280 g/mol. The van der Waals surface area contributed by atoms with E-state index in [2.05, 4.69) is 0 Å². The molecule has 1 aromatic carbocycles. The van der Waals surface area contributed by atoms with Crippen LogP contribution in [-0.2, 0) is 9.47 Å². The Hall–Kier alpha value is -1.39. The van der Waals surface area contributed by atoms with E-state index in [9.17, 15) is 4.79 Å². The number of Topliss-reactive ketones (excluding diaryl/α,β-unsaturated/α-hetero) is 1. The van der Waals surface area contributed by atoms with Gasteiger partial charge in [0.1, 0.15) is 12.4 Å². The van der Waals surface area contributed by atoms with E-state index in [1.807, 2.05) is 32.9 Å². The highest BCUT2D eigenvalue weighted by atomic mass is 16.5. The molecule has 0 atom stereocenters. The summed E-state index contributed by atoms with van der Waals surface area (Å²) >= 11 is 0. The zero-order chi connectivity index (χ0) is 15.0. The van der Waals surface area contributed by atoms with E-state index in [4.69, 9.17) is 14.2 Å². The number of ketones is 1. The van der Waals surface area contributed by atoms with Crippen LogP contribution in [0.1, 0.15) is 38.1 Å². The van der Waals surface area contributed by atoms with Crippen LogP contribution in [-0.4, -0.2) is 37.8 Å². The first-order valence-corrected chi connectivity index (χ1v) is 6.84. The van der Waals surface area contributed by atoms with Gasteiger partial charge in [0.05, 0.1) is 31.0 Å². The van der Waals surface area contributed by atoms with Crippen molar-refractivity contribution in [2.24, 2.45) is 0 Å². The van der Waals surface area contributed by atoms with Gasteiger partial charge >= 0.3 is 0 Å². The predicted octanol–water partition coefficient (Wildman–Crippen LogP) is 3.10. The standard InChI is InChI=1S/C16H24O4/c1-13(17)14-7-5-6-8-15(14)19-11-9-18-10-12-20-16(2,3)4/h5-8H,9-12H2,1-4H3. The number of rotatable bonds is 8. The lowest BCUT2D eigenvalue weighted by Crippen LogP contribution is -2.22. The average molecular weight is 280 g/mol. The molecule has 0 bridgehead atoms. The van der Waals surface area contributed by atoms with Crippen LogP contribution in [0.2, 0.25) is 0 Å². The van der Waals surface area contributed by atoms with Gasteiger partial charge in [-0.3, -0.25) is 4.79 Å². The van der Waals surface area contributed by atoms with Crippen LogP contribution in [0.5, 0.6) is 5.75 Å². The topological polar surface area (TPSA) is 44.8 Å². The van der Waals surface area contributed by atoms with Crippen molar-refractivity contribution >= 4 is 5.78 Å². The number of hydrogen-bond acceptors (Lipinski definition) is 4. The first-order valence-electron chi connectivity index (χ1n) is 6.84. The van der Waals surface area contributed by atoms with Crippen LogP contribution in [0.3, 0.4) is 0 Å². The van der Waals surface area contributed by atoms with E-state index in [0.29, 0.717) is 37.7 Å². The molecule has 0 radical (unpaired) electrons. The van der Waals surface area contributed by atoms with Crippen molar-refractivity contribution in [3.63, 3.8) is 0 Å². The molecule has 0 unspecified atom stereocenters. The summed E-state index contributed by atoms with van der Waals surface area (Å²) < 4.78 is 16.5. The molecule has 1 aromatic rings. The number of carbonyl (C=O) groups excluding carboxylic acids is 1. The second-order valence-electron chi connectivity index (χ2n) is 5.47. The maximum absolute atomic E-state index is 11.4. The van der Waals surface area contributed by atoms with Crippen molar-refractivity contribution < 1.29 is 19.0 Å².